The van der Waals surface area contributed by atoms with Crippen LogP contribution in [-0.2, 0) is 4.84 Å². The molecule has 0 rings (SSSR count). The molecule has 0 saturated heterocycles. The third-order valence-corrected chi connectivity index (χ3v) is 0.462. The van der Waals surface area contributed by atoms with Crippen molar-refractivity contribution in [1.82, 2.24) is 0 Å². The van der Waals surface area contributed by atoms with Gasteiger partial charge in [0.25, 0.3) is 0 Å². The first-order valence-electron chi connectivity index (χ1n) is 1.80. The Hall–Kier alpha value is -0.600. The maximum absolute atomic E-state index is 9.88. The maximum atomic E-state index is 9.88. The highest BCUT2D eigenvalue weighted by Crippen LogP contribution is 1.66. The Morgan fingerprint density at radius 2 is 2.33 bits per heavy atom. The average molecular weight is 90.1 g/mol. The van der Waals surface area contributed by atoms with Gasteiger partial charge in [0.15, 0.2) is 7.11 Å². The van der Waals surface area contributed by atoms with Crippen LogP contribution < -0.4 is 0 Å². The minimum atomic E-state index is 0.385. The first-order chi connectivity index (χ1) is 2.81. The van der Waals surface area contributed by atoms with Gasteiger partial charge < -0.3 is 0 Å². The fourth-order valence-electron chi connectivity index (χ4n) is 0.129. The molecule has 0 aliphatic rings. The summed E-state index contributed by atoms with van der Waals surface area (Å²) >= 11 is 0. The summed E-state index contributed by atoms with van der Waals surface area (Å²) in [6.45, 7) is 2.10. The molecule has 3 heteroatoms. The molecule has 0 N–H and O–H groups in total. The summed E-state index contributed by atoms with van der Waals surface area (Å²) in [6, 6.07) is 0. The van der Waals surface area contributed by atoms with E-state index in [1.54, 1.807) is 6.92 Å². The summed E-state index contributed by atoms with van der Waals surface area (Å²) in [5, 5.41) is 0. The Balaban J connectivity index is 2.99. The van der Waals surface area contributed by atoms with E-state index in [1.807, 2.05) is 0 Å². The van der Waals surface area contributed by atoms with Gasteiger partial charge in [-0.25, -0.2) is 4.84 Å². The summed E-state index contributed by atoms with van der Waals surface area (Å²) in [7, 11) is 1.34. The second kappa shape index (κ2) is 2.63. The van der Waals surface area contributed by atoms with Gasteiger partial charge in [-0.1, -0.05) is 0 Å². The fourth-order valence-corrected chi connectivity index (χ4v) is 0.129. The highest BCUT2D eigenvalue weighted by atomic mass is 16.8. The van der Waals surface area contributed by atoms with E-state index in [2.05, 4.69) is 4.84 Å². The number of nitrogens with zero attached hydrogens (tertiary/aromatic N) is 1. The molecular weight excluding hydrogens is 82.0 g/mol. The SMILES string of the molecule is CC[N+](=O)OC. The fraction of sp³-hybridized carbons (Fsp3) is 1.00. The first-order valence-corrected chi connectivity index (χ1v) is 1.80. The second-order valence-corrected chi connectivity index (χ2v) is 0.832. The van der Waals surface area contributed by atoms with Crippen molar-refractivity contribution < 1.29 is 9.76 Å². The van der Waals surface area contributed by atoms with E-state index in [1.165, 1.54) is 7.11 Å². The zero-order valence-electron chi connectivity index (χ0n) is 3.97. The van der Waals surface area contributed by atoms with Gasteiger partial charge in [-0.3, -0.25) is 0 Å². The molecule has 0 aliphatic carbocycles. The van der Waals surface area contributed by atoms with Crippen molar-refractivity contribution in [1.29, 1.82) is 0 Å². The highest BCUT2D eigenvalue weighted by molar-refractivity contribution is 3.91. The van der Waals surface area contributed by atoms with Crippen LogP contribution in [0.2, 0.25) is 0 Å². The Kier molecular flexibility index (Phi) is 2.36. The van der Waals surface area contributed by atoms with Crippen LogP contribution in [0.15, 0.2) is 0 Å². The number of rotatable bonds is 2. The molecule has 6 heavy (non-hydrogen) atoms. The lowest BCUT2D eigenvalue weighted by atomic mass is 10.8. The molecule has 0 aromatic heterocycles. The van der Waals surface area contributed by atoms with Crippen LogP contribution in [0.25, 0.3) is 0 Å². The van der Waals surface area contributed by atoms with Crippen LogP contribution in [-0.4, -0.2) is 18.6 Å². The van der Waals surface area contributed by atoms with E-state index in [0.29, 0.717) is 11.5 Å². The van der Waals surface area contributed by atoms with Gasteiger partial charge >= 0.3 is 0 Å². The van der Waals surface area contributed by atoms with Crippen molar-refractivity contribution >= 4 is 0 Å². The molecule has 0 fully saturated rings. The molecule has 0 atom stereocenters. The molecule has 36 valence electrons. The van der Waals surface area contributed by atoms with Crippen LogP contribution in [0, 0.1) is 4.91 Å². The molecule has 3 nitrogen and oxygen atoms in total. The van der Waals surface area contributed by atoms with E-state index in [0.717, 1.165) is 0 Å². The first kappa shape index (κ1) is 5.40. The average Bonchev–Trinajstić information content (AvgIpc) is 1.65. The molecular formula is C3H8NO2+. The lowest BCUT2D eigenvalue weighted by Gasteiger charge is -1.76. The summed E-state index contributed by atoms with van der Waals surface area (Å²) in [5.41, 5.74) is 0. The van der Waals surface area contributed by atoms with Gasteiger partial charge in [-0.05, 0) is 0 Å². The topological polar surface area (TPSA) is 29.3 Å². The standard InChI is InChI=1S/C3H8NO2/c1-3-4(5)6-2/h3H2,1-2H3/q+1. The van der Waals surface area contributed by atoms with E-state index < -0.39 is 0 Å². The maximum Gasteiger partial charge on any atom is 0.245 e. The minimum Gasteiger partial charge on any atom is -0.236 e. The van der Waals surface area contributed by atoms with Crippen molar-refractivity contribution in [2.45, 2.75) is 6.92 Å². The van der Waals surface area contributed by atoms with Crippen molar-refractivity contribution in [2.75, 3.05) is 13.7 Å². The molecule has 0 spiro atoms. The predicted molar refractivity (Wildman–Crippen MR) is 21.2 cm³/mol. The van der Waals surface area contributed by atoms with E-state index in [9.17, 15) is 4.91 Å². The minimum absolute atomic E-state index is 0.385. The predicted octanol–water partition coefficient (Wildman–Crippen LogP) is 0.347. The molecule has 0 radical (unpaired) electrons. The molecule has 0 aromatic rings. The van der Waals surface area contributed by atoms with Crippen LogP contribution in [0.4, 0.5) is 0 Å². The summed E-state index contributed by atoms with van der Waals surface area (Å²) in [5.74, 6) is 0. The summed E-state index contributed by atoms with van der Waals surface area (Å²) in [6.07, 6.45) is 0. The zero-order valence-corrected chi connectivity index (χ0v) is 3.97. The highest BCUT2D eigenvalue weighted by Gasteiger charge is 1.95. The molecule has 0 aliphatic heterocycles. The smallest absolute Gasteiger partial charge is 0.236 e. The Morgan fingerprint density at radius 1 is 1.83 bits per heavy atom. The van der Waals surface area contributed by atoms with Crippen LogP contribution in [0.1, 0.15) is 6.92 Å². The molecule has 0 unspecified atom stereocenters. The van der Waals surface area contributed by atoms with E-state index in [-0.39, 0.29) is 0 Å². The molecule has 0 amide bonds. The Labute approximate surface area is 36.4 Å². The molecule has 0 bridgehead atoms. The Bertz CT molecular complexity index is 46.8. The normalized spacial score (nSPS) is 7.67. The molecule has 0 saturated carbocycles. The van der Waals surface area contributed by atoms with E-state index in [4.69, 9.17) is 0 Å². The second-order valence-electron chi connectivity index (χ2n) is 0.832. The van der Waals surface area contributed by atoms with Gasteiger partial charge in [0.05, 0.1) is 4.91 Å². The largest absolute Gasteiger partial charge is 0.245 e. The van der Waals surface area contributed by atoms with Crippen LogP contribution in [0.3, 0.4) is 0 Å². The quantitative estimate of drug-likeness (QED) is 0.458. The van der Waals surface area contributed by atoms with Crippen molar-refractivity contribution in [2.24, 2.45) is 0 Å². The molecule has 0 aromatic carbocycles. The van der Waals surface area contributed by atoms with Crippen LogP contribution in [0.5, 0.6) is 0 Å². The number of hydrogen-bond acceptors (Lipinski definition) is 2. The van der Waals surface area contributed by atoms with Crippen LogP contribution >= 0.6 is 0 Å². The third-order valence-electron chi connectivity index (χ3n) is 0.462. The van der Waals surface area contributed by atoms with Gasteiger partial charge in [0, 0.05) is 6.92 Å². The van der Waals surface area contributed by atoms with Gasteiger partial charge in [0.2, 0.25) is 11.5 Å². The third kappa shape index (κ3) is 1.69. The van der Waals surface area contributed by atoms with Gasteiger partial charge in [0.1, 0.15) is 0 Å². The Morgan fingerprint density at radius 3 is 2.33 bits per heavy atom. The van der Waals surface area contributed by atoms with Crippen molar-refractivity contribution in [3.05, 3.63) is 4.91 Å². The summed E-state index contributed by atoms with van der Waals surface area (Å²) in [4.78, 5) is 14.6. The van der Waals surface area contributed by atoms with Gasteiger partial charge in [-0.15, -0.1) is 0 Å². The van der Waals surface area contributed by atoms with Gasteiger partial charge in [-0.2, -0.15) is 0 Å². The van der Waals surface area contributed by atoms with E-state index >= 15 is 0 Å². The molecule has 0 heterocycles. The zero-order chi connectivity index (χ0) is 4.99. The lowest BCUT2D eigenvalue weighted by Crippen LogP contribution is -2.03. The van der Waals surface area contributed by atoms with Crippen molar-refractivity contribution in [3.63, 3.8) is 0 Å². The van der Waals surface area contributed by atoms with Crippen molar-refractivity contribution in [3.8, 4) is 0 Å². The number of hydrogen-bond donors (Lipinski definition) is 0. The summed E-state index contributed by atoms with van der Waals surface area (Å²) < 4.78 is 0. The monoisotopic (exact) mass is 90.1 g/mol. The lowest BCUT2D eigenvalue weighted by molar-refractivity contribution is -0.794.